The summed E-state index contributed by atoms with van der Waals surface area (Å²) in [6.45, 7) is 1.95. The van der Waals surface area contributed by atoms with Crippen molar-refractivity contribution in [1.82, 2.24) is 23.7 Å². The third-order valence-electron chi connectivity index (χ3n) is 7.10. The van der Waals surface area contributed by atoms with Crippen LogP contribution in [0.2, 0.25) is 5.02 Å². The van der Waals surface area contributed by atoms with Gasteiger partial charge in [0, 0.05) is 24.0 Å². The maximum atomic E-state index is 14.2. The Morgan fingerprint density at radius 2 is 2.03 bits per heavy atom. The zero-order chi connectivity index (χ0) is 26.9. The van der Waals surface area contributed by atoms with Crippen molar-refractivity contribution >= 4 is 44.2 Å². The predicted molar refractivity (Wildman–Crippen MR) is 143 cm³/mol. The molecule has 4 aromatic heterocycles. The molecule has 12 heteroatoms. The minimum Gasteiger partial charge on any atom is -0.494 e. The molecule has 0 unspecified atom stereocenters. The Morgan fingerprint density at radius 3 is 2.71 bits per heavy atom. The first-order valence-electron chi connectivity index (χ1n) is 11.7. The van der Waals surface area contributed by atoms with Crippen LogP contribution in [0.3, 0.4) is 0 Å². The predicted octanol–water partition coefficient (Wildman–Crippen LogP) is 4.58. The van der Waals surface area contributed by atoms with E-state index < -0.39 is 22.5 Å². The number of pyridine rings is 1. The minimum absolute atomic E-state index is 0.00222. The molecule has 5 aromatic rings. The van der Waals surface area contributed by atoms with E-state index in [0.29, 0.717) is 56.0 Å². The topological polar surface area (TPSA) is 108 Å². The van der Waals surface area contributed by atoms with Crippen molar-refractivity contribution in [1.29, 1.82) is 5.26 Å². The highest BCUT2D eigenvalue weighted by atomic mass is 35.5. The summed E-state index contributed by atoms with van der Waals surface area (Å²) in [5.74, 6) is 0.0872. The van der Waals surface area contributed by atoms with E-state index in [2.05, 4.69) is 16.0 Å². The second kappa shape index (κ2) is 8.51. The zero-order valence-electron chi connectivity index (χ0n) is 20.6. The quantitative estimate of drug-likeness (QED) is 0.317. The summed E-state index contributed by atoms with van der Waals surface area (Å²) in [6.07, 6.45) is 4.37. The highest BCUT2D eigenvalue weighted by Gasteiger charge is 2.44. The number of thiophene rings is 1. The fourth-order valence-electron chi connectivity index (χ4n) is 4.71. The molecule has 38 heavy (non-hydrogen) atoms. The molecule has 1 saturated carbocycles. The molecule has 1 aliphatic carbocycles. The smallest absolute Gasteiger partial charge is 0.336 e. The van der Waals surface area contributed by atoms with E-state index in [1.54, 1.807) is 23.9 Å². The van der Waals surface area contributed by atoms with Gasteiger partial charge in [0.15, 0.2) is 11.6 Å². The summed E-state index contributed by atoms with van der Waals surface area (Å²) in [5, 5.41) is 9.92. The Hall–Kier alpha value is -4.01. The van der Waals surface area contributed by atoms with E-state index in [-0.39, 0.29) is 17.3 Å². The number of fused-ring (bicyclic) bond motifs is 2. The van der Waals surface area contributed by atoms with Gasteiger partial charge < -0.3 is 9.30 Å². The molecule has 0 atom stereocenters. The summed E-state index contributed by atoms with van der Waals surface area (Å²) in [4.78, 5) is 37.2. The lowest BCUT2D eigenvalue weighted by Crippen LogP contribution is -2.40. The average molecular weight is 551 g/mol. The number of nitrogens with zero attached hydrogens (tertiary/aromatic N) is 6. The van der Waals surface area contributed by atoms with Crippen molar-refractivity contribution in [3.63, 3.8) is 0 Å². The van der Waals surface area contributed by atoms with Crippen LogP contribution < -0.4 is 16.0 Å². The number of imidazole rings is 1. The van der Waals surface area contributed by atoms with Gasteiger partial charge in [0.05, 0.1) is 52.7 Å². The average Bonchev–Trinajstić information content (AvgIpc) is 3.43. The molecular weight excluding hydrogens is 531 g/mol. The van der Waals surface area contributed by atoms with Crippen LogP contribution in [0.15, 0.2) is 40.2 Å². The van der Waals surface area contributed by atoms with E-state index in [4.69, 9.17) is 16.3 Å². The second-order valence-electron chi connectivity index (χ2n) is 9.44. The number of benzene rings is 1. The Morgan fingerprint density at radius 1 is 1.26 bits per heavy atom. The first-order valence-corrected chi connectivity index (χ1v) is 12.9. The van der Waals surface area contributed by atoms with Crippen molar-refractivity contribution < 1.29 is 9.13 Å². The summed E-state index contributed by atoms with van der Waals surface area (Å²) in [6, 6.07) is 6.63. The standard InChI is InChI=1S/C26H20ClFN6O3S/c1-13-31-17-9-30-10-19(22(17)32(13)2)34-24(35)23-18(33(25(34)36)12-26(11-29)4-5-26)8-21(38-23)14-6-20(37-3)16(28)7-15(14)27/h6-10H,4-5,12H2,1-3H3. The third-order valence-corrected chi connectivity index (χ3v) is 8.56. The molecule has 0 aliphatic heterocycles. The van der Waals surface area contributed by atoms with Crippen molar-refractivity contribution in [2.75, 3.05) is 7.11 Å². The Balaban J connectivity index is 1.69. The van der Waals surface area contributed by atoms with Gasteiger partial charge in [-0.05, 0) is 38.0 Å². The van der Waals surface area contributed by atoms with Gasteiger partial charge in [-0.1, -0.05) is 11.6 Å². The number of methoxy groups -OCH3 is 1. The summed E-state index contributed by atoms with van der Waals surface area (Å²) < 4.78 is 24.0. The first-order chi connectivity index (χ1) is 18.2. The maximum absolute atomic E-state index is 14.2. The molecule has 0 N–H and O–H groups in total. The number of halogens is 2. The first kappa shape index (κ1) is 24.3. The van der Waals surface area contributed by atoms with Crippen LogP contribution in [0.1, 0.15) is 18.7 Å². The van der Waals surface area contributed by atoms with Crippen molar-refractivity contribution in [3.8, 4) is 27.9 Å². The van der Waals surface area contributed by atoms with Crippen molar-refractivity contribution in [2.45, 2.75) is 26.3 Å². The molecule has 0 radical (unpaired) electrons. The normalized spacial score (nSPS) is 14.2. The monoisotopic (exact) mass is 550 g/mol. The molecular formula is C26H20ClFN6O3S. The molecule has 0 bridgehead atoms. The lowest BCUT2D eigenvalue weighted by atomic mass is 10.1. The third kappa shape index (κ3) is 3.55. The Kier molecular flexibility index (Phi) is 5.45. The fraction of sp³-hybridized carbons (Fsp3) is 0.269. The van der Waals surface area contributed by atoms with Crippen LogP contribution in [0.25, 0.3) is 37.4 Å². The van der Waals surface area contributed by atoms with E-state index in [0.717, 1.165) is 22.0 Å². The van der Waals surface area contributed by atoms with Gasteiger partial charge in [0.25, 0.3) is 5.56 Å². The van der Waals surface area contributed by atoms with Crippen molar-refractivity contribution in [2.24, 2.45) is 12.5 Å². The van der Waals surface area contributed by atoms with Crippen LogP contribution >= 0.6 is 22.9 Å². The van der Waals surface area contributed by atoms with E-state index >= 15 is 0 Å². The van der Waals surface area contributed by atoms with Gasteiger partial charge in [-0.2, -0.15) is 5.26 Å². The number of aromatic nitrogens is 5. The molecule has 0 amide bonds. The summed E-state index contributed by atoms with van der Waals surface area (Å²) in [7, 11) is 3.15. The van der Waals surface area contributed by atoms with E-state index in [1.807, 2.05) is 6.92 Å². The highest BCUT2D eigenvalue weighted by Crippen LogP contribution is 2.47. The van der Waals surface area contributed by atoms with Gasteiger partial charge in [0.1, 0.15) is 16.0 Å². The lowest BCUT2D eigenvalue weighted by molar-refractivity contribution is 0.387. The molecule has 1 aliphatic rings. The number of aryl methyl sites for hydroxylation is 2. The van der Waals surface area contributed by atoms with Gasteiger partial charge in [-0.3, -0.25) is 14.3 Å². The van der Waals surface area contributed by atoms with E-state index in [1.165, 1.54) is 23.9 Å². The number of rotatable bonds is 5. The fourth-order valence-corrected chi connectivity index (χ4v) is 6.14. The van der Waals surface area contributed by atoms with Gasteiger partial charge >= 0.3 is 5.69 Å². The van der Waals surface area contributed by atoms with Gasteiger partial charge in [0.2, 0.25) is 0 Å². The SMILES string of the molecule is COc1cc(-c2cc3c(s2)c(=O)n(-c2cncc4nc(C)n(C)c24)c(=O)n3CC2(C#N)CC2)c(Cl)cc1F. The molecule has 1 aromatic carbocycles. The Bertz CT molecular complexity index is 1960. The Labute approximate surface area is 223 Å². The van der Waals surface area contributed by atoms with Crippen LogP contribution in [-0.2, 0) is 13.6 Å². The second-order valence-corrected chi connectivity index (χ2v) is 10.9. The number of hydrogen-bond donors (Lipinski definition) is 0. The van der Waals surface area contributed by atoms with E-state index in [9.17, 15) is 19.2 Å². The highest BCUT2D eigenvalue weighted by molar-refractivity contribution is 7.22. The summed E-state index contributed by atoms with van der Waals surface area (Å²) >= 11 is 7.52. The number of hydrogen-bond acceptors (Lipinski definition) is 7. The maximum Gasteiger partial charge on any atom is 0.336 e. The van der Waals surface area contributed by atoms with Gasteiger partial charge in [-0.25, -0.2) is 18.7 Å². The number of nitriles is 1. The molecule has 0 saturated heterocycles. The van der Waals surface area contributed by atoms with Crippen molar-refractivity contribution in [3.05, 3.63) is 68.1 Å². The molecule has 6 rings (SSSR count). The van der Waals surface area contributed by atoms with Crippen LogP contribution in [-0.4, -0.2) is 30.8 Å². The minimum atomic E-state index is -0.675. The zero-order valence-corrected chi connectivity index (χ0v) is 22.2. The summed E-state index contributed by atoms with van der Waals surface area (Å²) in [5.41, 5.74) is 0.504. The largest absolute Gasteiger partial charge is 0.494 e. The van der Waals surface area contributed by atoms with Crippen LogP contribution in [0, 0.1) is 29.5 Å². The van der Waals surface area contributed by atoms with Crippen LogP contribution in [0.5, 0.6) is 5.75 Å². The molecule has 1 fully saturated rings. The lowest BCUT2D eigenvalue weighted by Gasteiger charge is -2.15. The molecule has 4 heterocycles. The van der Waals surface area contributed by atoms with Crippen LogP contribution in [0.4, 0.5) is 4.39 Å². The number of ether oxygens (including phenoxy) is 1. The molecule has 192 valence electrons. The molecule has 9 nitrogen and oxygen atoms in total. The molecule has 0 spiro atoms. The van der Waals surface area contributed by atoms with Gasteiger partial charge in [-0.15, -0.1) is 11.3 Å².